The lowest BCUT2D eigenvalue weighted by Crippen LogP contribution is -2.56. The Labute approximate surface area is 178 Å². The number of benzene rings is 1. The summed E-state index contributed by atoms with van der Waals surface area (Å²) in [4.78, 5) is 19.8. The largest absolute Gasteiger partial charge is 0.467 e. The van der Waals surface area contributed by atoms with E-state index in [9.17, 15) is 13.6 Å². The van der Waals surface area contributed by atoms with Crippen molar-refractivity contribution in [3.05, 3.63) is 23.8 Å². The van der Waals surface area contributed by atoms with Crippen molar-refractivity contribution in [3.63, 3.8) is 0 Å². The summed E-state index contributed by atoms with van der Waals surface area (Å²) in [6, 6.07) is 2.13. The van der Waals surface area contributed by atoms with Gasteiger partial charge in [0.2, 0.25) is 5.91 Å². The van der Waals surface area contributed by atoms with Crippen LogP contribution >= 0.6 is 11.3 Å². The average molecular weight is 433 g/mol. The minimum atomic E-state index is -0.660. The molecule has 1 aromatic heterocycles. The first-order valence-corrected chi connectivity index (χ1v) is 12.0. The zero-order valence-corrected chi connectivity index (χ0v) is 17.7. The number of piperidine rings is 1. The Balaban J connectivity index is 1.11. The third-order valence-corrected chi connectivity index (χ3v) is 8.78. The molecule has 1 saturated heterocycles. The molecular weight excluding hydrogens is 406 g/mol. The Kier molecular flexibility index (Phi) is 4.34. The van der Waals surface area contributed by atoms with E-state index in [0.717, 1.165) is 55.9 Å². The molecule has 2 aromatic rings. The molecule has 7 heteroatoms. The first-order chi connectivity index (χ1) is 14.5. The first kappa shape index (κ1) is 19.0. The van der Waals surface area contributed by atoms with Crippen molar-refractivity contribution < 1.29 is 18.3 Å². The topological polar surface area (TPSA) is 42.4 Å². The van der Waals surface area contributed by atoms with Gasteiger partial charge >= 0.3 is 0 Å². The highest BCUT2D eigenvalue weighted by Crippen LogP contribution is 2.60. The number of thiazole rings is 1. The van der Waals surface area contributed by atoms with Crippen molar-refractivity contribution in [1.82, 2.24) is 9.88 Å². The van der Waals surface area contributed by atoms with E-state index in [1.165, 1.54) is 36.7 Å². The van der Waals surface area contributed by atoms with Crippen LogP contribution in [0.25, 0.3) is 10.2 Å². The fourth-order valence-electron chi connectivity index (χ4n) is 7.01. The van der Waals surface area contributed by atoms with Gasteiger partial charge in [0.25, 0.3) is 5.19 Å². The monoisotopic (exact) mass is 432 g/mol. The molecular formula is C23H26F2N2O2S. The van der Waals surface area contributed by atoms with Crippen molar-refractivity contribution in [2.75, 3.05) is 13.1 Å². The van der Waals surface area contributed by atoms with Gasteiger partial charge < -0.3 is 9.64 Å². The second-order valence-electron chi connectivity index (χ2n) is 10.0. The Morgan fingerprint density at radius 3 is 2.33 bits per heavy atom. The maximum Gasteiger partial charge on any atom is 0.274 e. The minimum Gasteiger partial charge on any atom is -0.467 e. The summed E-state index contributed by atoms with van der Waals surface area (Å²) >= 11 is 1.17. The zero-order chi connectivity index (χ0) is 20.5. The molecule has 2 heterocycles. The Morgan fingerprint density at radius 2 is 1.70 bits per heavy atom. The smallest absolute Gasteiger partial charge is 0.274 e. The number of ether oxygens (including phenoxy) is 1. The fraction of sp³-hybridized carbons (Fsp3) is 0.652. The molecule has 0 unspecified atom stereocenters. The first-order valence-electron chi connectivity index (χ1n) is 11.2. The molecule has 7 rings (SSSR count). The van der Waals surface area contributed by atoms with Gasteiger partial charge in [-0.25, -0.2) is 8.78 Å². The number of hydrogen-bond acceptors (Lipinski definition) is 4. The van der Waals surface area contributed by atoms with Crippen LogP contribution in [0.3, 0.4) is 0 Å². The van der Waals surface area contributed by atoms with Crippen LogP contribution in [0.4, 0.5) is 8.78 Å². The van der Waals surface area contributed by atoms with Gasteiger partial charge in [0.15, 0.2) is 5.82 Å². The van der Waals surface area contributed by atoms with Gasteiger partial charge in [-0.05, 0) is 62.3 Å². The van der Waals surface area contributed by atoms with E-state index in [-0.39, 0.29) is 17.0 Å². The minimum absolute atomic E-state index is 0.0427. The van der Waals surface area contributed by atoms with Crippen molar-refractivity contribution in [2.24, 2.45) is 23.2 Å². The Bertz CT molecular complexity index is 963. The van der Waals surface area contributed by atoms with E-state index in [4.69, 9.17) is 4.74 Å². The zero-order valence-electron chi connectivity index (χ0n) is 16.9. The van der Waals surface area contributed by atoms with Crippen LogP contribution in [0.2, 0.25) is 0 Å². The van der Waals surface area contributed by atoms with Gasteiger partial charge in [0.1, 0.15) is 17.4 Å². The molecule has 4 bridgehead atoms. The molecule has 0 spiro atoms. The van der Waals surface area contributed by atoms with E-state index in [2.05, 4.69) is 9.88 Å². The fourth-order valence-corrected chi connectivity index (χ4v) is 7.94. The maximum atomic E-state index is 13.9. The second-order valence-corrected chi connectivity index (χ2v) is 11.0. The van der Waals surface area contributed by atoms with E-state index < -0.39 is 11.6 Å². The van der Waals surface area contributed by atoms with Crippen LogP contribution in [0.15, 0.2) is 12.1 Å². The van der Waals surface area contributed by atoms with Crippen LogP contribution < -0.4 is 4.74 Å². The summed E-state index contributed by atoms with van der Waals surface area (Å²) in [5.74, 6) is 1.43. The van der Waals surface area contributed by atoms with E-state index in [1.807, 2.05) is 0 Å². The summed E-state index contributed by atoms with van der Waals surface area (Å²) in [6.45, 7) is 1.41. The van der Waals surface area contributed by atoms with Crippen LogP contribution in [0.1, 0.15) is 51.4 Å². The Hall–Kier alpha value is -1.76. The number of aromatic nitrogens is 1. The summed E-state index contributed by atoms with van der Waals surface area (Å²) in [7, 11) is 0. The number of carbonyl (C=O) groups excluding carboxylic acids is 1. The molecule has 0 N–H and O–H groups in total. The lowest BCUT2D eigenvalue weighted by molar-refractivity contribution is -0.159. The van der Waals surface area contributed by atoms with E-state index in [0.29, 0.717) is 28.9 Å². The number of rotatable bonds is 3. The lowest BCUT2D eigenvalue weighted by Gasteiger charge is -2.57. The highest BCUT2D eigenvalue weighted by atomic mass is 32.1. The maximum absolute atomic E-state index is 13.9. The molecule has 1 amide bonds. The number of halogens is 2. The van der Waals surface area contributed by atoms with Crippen molar-refractivity contribution in [2.45, 2.75) is 57.5 Å². The van der Waals surface area contributed by atoms with Crippen molar-refractivity contribution in [1.29, 1.82) is 0 Å². The third-order valence-electron chi connectivity index (χ3n) is 7.88. The number of likely N-dealkylation sites (tertiary alicyclic amines) is 1. The highest BCUT2D eigenvalue weighted by molar-refractivity contribution is 7.20. The summed E-state index contributed by atoms with van der Waals surface area (Å²) in [5.41, 5.74) is 0.0719. The van der Waals surface area contributed by atoms with E-state index >= 15 is 0 Å². The molecule has 4 aliphatic carbocycles. The van der Waals surface area contributed by atoms with E-state index in [1.54, 1.807) is 0 Å². The quantitative estimate of drug-likeness (QED) is 0.673. The summed E-state index contributed by atoms with van der Waals surface area (Å²) in [5, 5.41) is 0.375. The van der Waals surface area contributed by atoms with Gasteiger partial charge in [-0.15, -0.1) is 0 Å². The van der Waals surface area contributed by atoms with Crippen molar-refractivity contribution >= 4 is 27.5 Å². The number of carbonyl (C=O) groups is 1. The van der Waals surface area contributed by atoms with Crippen LogP contribution in [-0.2, 0) is 4.79 Å². The van der Waals surface area contributed by atoms with Crippen molar-refractivity contribution in [3.8, 4) is 5.19 Å². The molecule has 4 saturated carbocycles. The summed E-state index contributed by atoms with van der Waals surface area (Å²) in [6.07, 6.45) is 8.79. The standard InChI is InChI=1S/C23H26F2N2O2S/c24-16-8-18(25)20-19(9-16)30-22(26-20)29-17-1-3-27(4-2-17)21(28)23-10-13-5-14(11-23)7-15(6-13)12-23/h8-9,13-15,17H,1-7,10-12H2. The van der Waals surface area contributed by atoms with Crippen LogP contribution in [0.5, 0.6) is 5.19 Å². The summed E-state index contributed by atoms with van der Waals surface area (Å²) < 4.78 is 33.8. The highest BCUT2D eigenvalue weighted by Gasteiger charge is 2.55. The molecule has 30 heavy (non-hydrogen) atoms. The molecule has 1 aliphatic heterocycles. The molecule has 5 aliphatic rings. The van der Waals surface area contributed by atoms with Gasteiger partial charge in [0.05, 0.1) is 10.1 Å². The number of nitrogens with zero attached hydrogens (tertiary/aromatic N) is 2. The predicted molar refractivity (Wildman–Crippen MR) is 110 cm³/mol. The number of hydrogen-bond donors (Lipinski definition) is 0. The second kappa shape index (κ2) is 6.87. The van der Waals surface area contributed by atoms with Crippen LogP contribution in [0, 0.1) is 34.8 Å². The van der Waals surface area contributed by atoms with Gasteiger partial charge in [-0.1, -0.05) is 11.3 Å². The van der Waals surface area contributed by atoms with Gasteiger partial charge in [-0.3, -0.25) is 4.79 Å². The Morgan fingerprint density at radius 1 is 1.07 bits per heavy atom. The van der Waals surface area contributed by atoms with Gasteiger partial charge in [0, 0.05) is 32.0 Å². The van der Waals surface area contributed by atoms with Crippen LogP contribution in [-0.4, -0.2) is 35.0 Å². The molecule has 160 valence electrons. The number of fused-ring (bicyclic) bond motifs is 1. The molecule has 4 nitrogen and oxygen atoms in total. The average Bonchev–Trinajstić information content (AvgIpc) is 3.09. The molecule has 1 aromatic carbocycles. The van der Waals surface area contributed by atoms with Gasteiger partial charge in [-0.2, -0.15) is 4.98 Å². The SMILES string of the molecule is O=C(N1CCC(Oc2nc3c(F)cc(F)cc3s2)CC1)C12CC3CC(CC(C3)C1)C2. The molecule has 0 atom stereocenters. The lowest BCUT2D eigenvalue weighted by atomic mass is 9.49. The third kappa shape index (κ3) is 3.12. The number of amides is 1. The molecule has 5 fully saturated rings. The predicted octanol–water partition coefficient (Wildman–Crippen LogP) is 5.16. The normalized spacial score (nSPS) is 33.4. The molecule has 0 radical (unpaired) electrons.